The Labute approximate surface area is 128 Å². The molecule has 0 atom stereocenters. The first kappa shape index (κ1) is 15.1. The first-order valence-electron chi connectivity index (χ1n) is 6.47. The van der Waals surface area contributed by atoms with Crippen LogP contribution < -0.4 is 15.5 Å². The molecule has 1 heterocycles. The largest absolute Gasteiger partial charge is 0.375 e. The average molecular weight is 305 g/mol. The molecule has 2 aromatic rings. The Balaban J connectivity index is 2.02. The second kappa shape index (κ2) is 6.95. The Kier molecular flexibility index (Phi) is 5.00. The van der Waals surface area contributed by atoms with Crippen molar-refractivity contribution in [3.8, 4) is 0 Å². The van der Waals surface area contributed by atoms with Crippen LogP contribution in [-0.2, 0) is 6.54 Å². The number of anilines is 2. The van der Waals surface area contributed by atoms with Crippen molar-refractivity contribution in [3.63, 3.8) is 0 Å². The van der Waals surface area contributed by atoms with E-state index in [0.717, 1.165) is 11.3 Å². The smallest absolute Gasteiger partial charge is 0.319 e. The Morgan fingerprint density at radius 2 is 2.10 bits per heavy atom. The number of aromatic nitrogens is 1. The highest BCUT2D eigenvalue weighted by atomic mass is 35.5. The van der Waals surface area contributed by atoms with E-state index in [-0.39, 0.29) is 6.03 Å². The van der Waals surface area contributed by atoms with E-state index in [0.29, 0.717) is 17.3 Å². The molecule has 0 aliphatic heterocycles. The van der Waals surface area contributed by atoms with Gasteiger partial charge in [0.2, 0.25) is 0 Å². The third-order valence-electron chi connectivity index (χ3n) is 2.86. The lowest BCUT2D eigenvalue weighted by molar-refractivity contribution is 0.251. The molecule has 0 unspecified atom stereocenters. The van der Waals surface area contributed by atoms with E-state index < -0.39 is 0 Å². The van der Waals surface area contributed by atoms with Gasteiger partial charge in [-0.05, 0) is 23.8 Å². The van der Waals surface area contributed by atoms with Crippen LogP contribution in [0.4, 0.5) is 16.2 Å². The normalized spacial score (nSPS) is 10.0. The zero-order chi connectivity index (χ0) is 15.2. The number of halogens is 1. The van der Waals surface area contributed by atoms with Crippen LogP contribution in [0.1, 0.15) is 5.56 Å². The number of nitrogens with zero attached hydrogens (tertiary/aromatic N) is 2. The van der Waals surface area contributed by atoms with Gasteiger partial charge in [0.1, 0.15) is 0 Å². The maximum atomic E-state index is 12.0. The fourth-order valence-electron chi connectivity index (χ4n) is 1.92. The number of carbonyl (C=O) groups is 1. The predicted octanol–water partition coefficient (Wildman–Crippen LogP) is 3.12. The van der Waals surface area contributed by atoms with Crippen LogP contribution in [0.5, 0.6) is 0 Å². The van der Waals surface area contributed by atoms with Crippen LogP contribution in [-0.4, -0.2) is 25.1 Å². The van der Waals surface area contributed by atoms with Gasteiger partial charge in [0.25, 0.3) is 0 Å². The Hall–Kier alpha value is -2.27. The molecular weight excluding hydrogens is 288 g/mol. The number of benzene rings is 1. The van der Waals surface area contributed by atoms with Gasteiger partial charge < -0.3 is 15.5 Å². The van der Waals surface area contributed by atoms with Gasteiger partial charge in [-0.1, -0.05) is 23.7 Å². The van der Waals surface area contributed by atoms with Gasteiger partial charge in [-0.2, -0.15) is 0 Å². The molecule has 2 amide bonds. The molecule has 0 bridgehead atoms. The van der Waals surface area contributed by atoms with Gasteiger partial charge in [0.05, 0.1) is 16.4 Å². The molecular formula is C15H17ClN4O. The summed E-state index contributed by atoms with van der Waals surface area (Å²) in [4.78, 5) is 17.8. The van der Waals surface area contributed by atoms with Crippen LogP contribution in [0.2, 0.25) is 5.02 Å². The van der Waals surface area contributed by atoms with Crippen LogP contribution >= 0.6 is 11.6 Å². The molecule has 5 nitrogen and oxygen atoms in total. The van der Waals surface area contributed by atoms with Gasteiger partial charge in [-0.25, -0.2) is 4.79 Å². The molecule has 0 saturated heterocycles. The van der Waals surface area contributed by atoms with Crippen molar-refractivity contribution in [2.75, 3.05) is 24.3 Å². The molecule has 0 aliphatic rings. The lowest BCUT2D eigenvalue weighted by Gasteiger charge is -2.19. The molecule has 0 aliphatic carbocycles. The number of hydrogen-bond donors (Lipinski definition) is 2. The lowest BCUT2D eigenvalue weighted by Crippen LogP contribution is -2.29. The number of urea groups is 1. The number of pyridine rings is 1. The van der Waals surface area contributed by atoms with Crippen LogP contribution in [0.3, 0.4) is 0 Å². The summed E-state index contributed by atoms with van der Waals surface area (Å²) in [6.45, 7) is 0.414. The number of nitrogens with one attached hydrogen (secondary N) is 2. The van der Waals surface area contributed by atoms with E-state index in [1.807, 2.05) is 37.2 Å². The summed E-state index contributed by atoms with van der Waals surface area (Å²) >= 11 is 6.16. The van der Waals surface area contributed by atoms with Crippen molar-refractivity contribution >= 4 is 29.0 Å². The molecule has 0 fully saturated rings. The Bertz CT molecular complexity index is 616. The molecule has 1 aromatic carbocycles. The molecule has 0 spiro atoms. The van der Waals surface area contributed by atoms with E-state index in [1.165, 1.54) is 0 Å². The topological polar surface area (TPSA) is 57.3 Å². The predicted molar refractivity (Wildman–Crippen MR) is 85.9 cm³/mol. The van der Waals surface area contributed by atoms with E-state index in [1.54, 1.807) is 24.5 Å². The maximum Gasteiger partial charge on any atom is 0.319 e. The SMILES string of the molecule is CN(C)c1c(Cl)cccc1NC(=O)NCc1cccnc1. The first-order valence-corrected chi connectivity index (χ1v) is 6.85. The average Bonchev–Trinajstić information content (AvgIpc) is 2.46. The molecule has 21 heavy (non-hydrogen) atoms. The zero-order valence-corrected chi connectivity index (χ0v) is 12.7. The molecule has 6 heteroatoms. The highest BCUT2D eigenvalue weighted by molar-refractivity contribution is 6.34. The van der Waals surface area contributed by atoms with Gasteiger partial charge in [0.15, 0.2) is 0 Å². The summed E-state index contributed by atoms with van der Waals surface area (Å²) in [5.74, 6) is 0. The second-order valence-corrected chi connectivity index (χ2v) is 5.11. The highest BCUT2D eigenvalue weighted by Gasteiger charge is 2.11. The van der Waals surface area contributed by atoms with Gasteiger partial charge in [-0.15, -0.1) is 0 Å². The van der Waals surface area contributed by atoms with Gasteiger partial charge in [-0.3, -0.25) is 4.98 Å². The summed E-state index contributed by atoms with van der Waals surface area (Å²) in [6, 6.07) is 8.84. The fourth-order valence-corrected chi connectivity index (χ4v) is 2.27. The standard InChI is InChI=1S/C15H17ClN4O/c1-20(2)14-12(16)6-3-7-13(14)19-15(21)18-10-11-5-4-8-17-9-11/h3-9H,10H2,1-2H3,(H2,18,19,21). The second-order valence-electron chi connectivity index (χ2n) is 4.70. The van der Waals surface area contributed by atoms with Crippen molar-refractivity contribution in [2.24, 2.45) is 0 Å². The zero-order valence-electron chi connectivity index (χ0n) is 11.9. The van der Waals surface area contributed by atoms with Gasteiger partial charge >= 0.3 is 6.03 Å². The number of hydrogen-bond acceptors (Lipinski definition) is 3. The number of carbonyl (C=O) groups excluding carboxylic acids is 1. The van der Waals surface area contributed by atoms with Crippen molar-refractivity contribution in [1.29, 1.82) is 0 Å². The summed E-state index contributed by atoms with van der Waals surface area (Å²) < 4.78 is 0. The van der Waals surface area contributed by atoms with Crippen molar-refractivity contribution in [1.82, 2.24) is 10.3 Å². The van der Waals surface area contributed by atoms with Crippen LogP contribution in [0, 0.1) is 0 Å². The monoisotopic (exact) mass is 304 g/mol. The first-order chi connectivity index (χ1) is 10.1. The minimum atomic E-state index is -0.288. The summed E-state index contributed by atoms with van der Waals surface area (Å²) in [5.41, 5.74) is 2.37. The Morgan fingerprint density at radius 1 is 1.29 bits per heavy atom. The molecule has 0 radical (unpaired) electrons. The highest BCUT2D eigenvalue weighted by Crippen LogP contribution is 2.32. The van der Waals surface area contributed by atoms with Crippen molar-refractivity contribution in [2.45, 2.75) is 6.54 Å². The summed E-state index contributed by atoms with van der Waals surface area (Å²) in [6.07, 6.45) is 3.41. The van der Waals surface area contributed by atoms with Crippen LogP contribution in [0.15, 0.2) is 42.7 Å². The summed E-state index contributed by atoms with van der Waals surface area (Å²) in [7, 11) is 3.75. The maximum absolute atomic E-state index is 12.0. The minimum Gasteiger partial charge on any atom is -0.375 e. The van der Waals surface area contributed by atoms with E-state index in [9.17, 15) is 4.79 Å². The third kappa shape index (κ3) is 4.10. The van der Waals surface area contributed by atoms with Crippen molar-refractivity contribution < 1.29 is 4.79 Å². The molecule has 1 aromatic heterocycles. The van der Waals surface area contributed by atoms with Gasteiger partial charge in [0, 0.05) is 33.0 Å². The van der Waals surface area contributed by atoms with E-state index in [2.05, 4.69) is 15.6 Å². The summed E-state index contributed by atoms with van der Waals surface area (Å²) in [5, 5.41) is 6.18. The molecule has 2 rings (SSSR count). The minimum absolute atomic E-state index is 0.288. The fraction of sp³-hybridized carbons (Fsp3) is 0.200. The van der Waals surface area contributed by atoms with Crippen molar-refractivity contribution in [3.05, 3.63) is 53.3 Å². The van der Waals surface area contributed by atoms with E-state index >= 15 is 0 Å². The quantitative estimate of drug-likeness (QED) is 0.912. The van der Waals surface area contributed by atoms with Crippen LogP contribution in [0.25, 0.3) is 0 Å². The number of para-hydroxylation sites is 1. The van der Waals surface area contributed by atoms with E-state index in [4.69, 9.17) is 11.6 Å². The number of amides is 2. The molecule has 2 N–H and O–H groups in total. The molecule has 0 saturated carbocycles. The Morgan fingerprint density at radius 3 is 2.76 bits per heavy atom. The molecule has 110 valence electrons. The lowest BCUT2D eigenvalue weighted by atomic mass is 10.2. The third-order valence-corrected chi connectivity index (χ3v) is 3.16. The number of rotatable bonds is 4.